The zero-order valence-corrected chi connectivity index (χ0v) is 26.3. The molecule has 3 aromatic rings. The number of carbonyl (C=O) groups is 2. The summed E-state index contributed by atoms with van der Waals surface area (Å²) in [5.74, 6) is -1.61. The number of anilines is 1. The smallest absolute Gasteiger partial charge is 0.323 e. The molecule has 0 radical (unpaired) electrons. The Morgan fingerprint density at radius 2 is 1.86 bits per heavy atom. The minimum Gasteiger partial charge on any atom is -0.497 e. The maximum atomic E-state index is 13.4. The van der Waals surface area contributed by atoms with E-state index in [0.29, 0.717) is 27.6 Å². The Morgan fingerprint density at radius 1 is 1.14 bits per heavy atom. The third-order valence-electron chi connectivity index (χ3n) is 6.32. The fraction of sp³-hybridized carbons (Fsp3) is 0.154. The second-order valence-corrected chi connectivity index (χ2v) is 14.2. The molecule has 43 heavy (non-hydrogen) atoms. The van der Waals surface area contributed by atoms with E-state index in [0.717, 1.165) is 32.6 Å². The summed E-state index contributed by atoms with van der Waals surface area (Å²) in [4.78, 5) is 39.9. The lowest BCUT2D eigenvalue weighted by molar-refractivity contribution is -0.140. The van der Waals surface area contributed by atoms with Crippen LogP contribution in [-0.2, 0) is 32.8 Å². The highest BCUT2D eigenvalue weighted by Gasteiger charge is 2.34. The molecule has 0 atom stereocenters. The highest BCUT2D eigenvalue weighted by Crippen LogP contribution is 2.49. The van der Waals surface area contributed by atoms with Gasteiger partial charge in [-0.1, -0.05) is 30.0 Å². The quantitative estimate of drug-likeness (QED) is 0.190. The predicted molar refractivity (Wildman–Crippen MR) is 166 cm³/mol. The molecule has 1 saturated heterocycles. The van der Waals surface area contributed by atoms with Crippen molar-refractivity contribution in [1.82, 2.24) is 9.63 Å². The van der Waals surface area contributed by atoms with Gasteiger partial charge in [0.2, 0.25) is 0 Å². The number of carbonyl (C=O) groups excluding carboxylic acids is 1. The number of aromatic nitrogens is 1. The Labute approximate surface area is 261 Å². The monoisotopic (exact) mass is 679 g/mol. The molecular weight excluding hydrogens is 659 g/mol. The minimum atomic E-state index is -4.52. The van der Waals surface area contributed by atoms with Crippen molar-refractivity contribution in [3.63, 3.8) is 0 Å². The van der Waals surface area contributed by atoms with Gasteiger partial charge in [-0.05, 0) is 66.3 Å². The van der Waals surface area contributed by atoms with Gasteiger partial charge in [-0.2, -0.15) is 13.5 Å². The number of carboxylic acids is 1. The summed E-state index contributed by atoms with van der Waals surface area (Å²) in [5.41, 5.74) is 0.946. The summed E-state index contributed by atoms with van der Waals surface area (Å²) in [6.45, 7) is 1.05. The van der Waals surface area contributed by atoms with E-state index in [1.54, 1.807) is 37.3 Å². The number of thioether (sulfide) groups is 2. The number of carboxylic acid groups (broad SMARTS) is 1. The van der Waals surface area contributed by atoms with Gasteiger partial charge < -0.3 is 14.7 Å². The van der Waals surface area contributed by atoms with Crippen LogP contribution in [0.25, 0.3) is 11.0 Å². The van der Waals surface area contributed by atoms with Gasteiger partial charge in [0.25, 0.3) is 21.6 Å². The predicted octanol–water partition coefficient (Wildman–Crippen LogP) is 2.43. The number of hydroxylamine groups is 2. The maximum absolute atomic E-state index is 13.4. The molecule has 0 saturated carbocycles. The molecule has 0 aliphatic carbocycles. The van der Waals surface area contributed by atoms with E-state index in [4.69, 9.17) is 17.0 Å². The molecule has 0 bridgehead atoms. The number of hydrogen-bond acceptors (Lipinski definition) is 12. The van der Waals surface area contributed by atoms with Gasteiger partial charge >= 0.3 is 5.97 Å². The first-order valence-electron chi connectivity index (χ1n) is 12.1. The molecular formula is C26H21N3O9S5. The zero-order chi connectivity index (χ0) is 31.2. The number of fused-ring (bicyclic) bond motifs is 1. The zero-order valence-electron chi connectivity index (χ0n) is 22.2. The first-order chi connectivity index (χ1) is 20.3. The number of amides is 1. The van der Waals surface area contributed by atoms with Crippen molar-refractivity contribution in [2.75, 3.05) is 12.0 Å². The number of benzene rings is 2. The van der Waals surface area contributed by atoms with Crippen LogP contribution in [0.4, 0.5) is 5.69 Å². The van der Waals surface area contributed by atoms with Gasteiger partial charge in [0, 0.05) is 11.0 Å². The van der Waals surface area contributed by atoms with Crippen molar-refractivity contribution in [2.45, 2.75) is 29.8 Å². The Bertz CT molecular complexity index is 2030. The number of nitrogens with zero attached hydrogens (tertiary/aromatic N) is 3. The number of rotatable bonds is 7. The lowest BCUT2D eigenvalue weighted by Gasteiger charge is -2.23. The summed E-state index contributed by atoms with van der Waals surface area (Å²) < 4.78 is 40.4. The number of methoxy groups -OCH3 is 1. The van der Waals surface area contributed by atoms with E-state index in [1.165, 1.54) is 31.0 Å². The lowest BCUT2D eigenvalue weighted by Crippen LogP contribution is -2.35. The highest BCUT2D eigenvalue weighted by molar-refractivity contribution is 8.30. The first kappa shape index (κ1) is 31.0. The third-order valence-corrected chi connectivity index (χ3v) is 11.2. The van der Waals surface area contributed by atoms with Crippen LogP contribution in [0.1, 0.15) is 12.5 Å². The molecule has 224 valence electrons. The molecule has 2 aliphatic heterocycles. The lowest BCUT2D eigenvalue weighted by atomic mass is 10.2. The number of hydrogen-bond donors (Lipinski definition) is 3. The van der Waals surface area contributed by atoms with E-state index < -0.39 is 34.1 Å². The normalized spacial score (nSPS) is 18.0. The molecule has 2 aliphatic rings. The largest absolute Gasteiger partial charge is 0.497 e. The van der Waals surface area contributed by atoms with E-state index in [1.807, 2.05) is 11.0 Å². The standard InChI is InChI=1S/C26H21N3O9S5/c1-13(9-18-22(32)28(12-20(30)31)25(41-18)21-23(33)29(34)26(39)42-21)24-27(16-10-15(38-2)7-8-17(16)40-24)11-14-5-3-4-6-19(14)43(35,36)37/h3-10,34H,11-12H2,1-2H3,(H,30,31)(H,35,36,37)/b18-9?,24-13?,25-21+. The van der Waals surface area contributed by atoms with E-state index >= 15 is 0 Å². The van der Waals surface area contributed by atoms with Crippen molar-refractivity contribution < 1.29 is 37.6 Å². The maximum Gasteiger partial charge on any atom is 0.323 e. The average Bonchev–Trinajstić information content (AvgIpc) is 3.55. The Kier molecular flexibility index (Phi) is 8.59. The Balaban J connectivity index is 1.70. The number of thiazole rings is 1. The molecule has 3 heterocycles. The number of allylic oxidation sites excluding steroid dienone is 1. The van der Waals surface area contributed by atoms with E-state index in [9.17, 15) is 37.7 Å². The minimum absolute atomic E-state index is 0.0371. The second kappa shape index (κ2) is 11.9. The van der Waals surface area contributed by atoms with E-state index in [2.05, 4.69) is 0 Å². The van der Waals surface area contributed by atoms with Crippen LogP contribution in [0.5, 0.6) is 5.75 Å². The molecule has 1 amide bonds. The van der Waals surface area contributed by atoms with Crippen molar-refractivity contribution in [2.24, 2.45) is 0 Å². The van der Waals surface area contributed by atoms with E-state index in [-0.39, 0.29) is 34.9 Å². The topological polar surface area (TPSA) is 167 Å². The first-order valence-corrected chi connectivity index (χ1v) is 16.4. The van der Waals surface area contributed by atoms with Crippen molar-refractivity contribution in [1.29, 1.82) is 0 Å². The number of ether oxygens (including phenoxy) is 1. The summed E-state index contributed by atoms with van der Waals surface area (Å²) >= 11 is 7.98. The number of aliphatic carboxylic acids is 1. The van der Waals surface area contributed by atoms with Crippen LogP contribution in [0.2, 0.25) is 0 Å². The second-order valence-electron chi connectivity index (χ2n) is 9.11. The van der Waals surface area contributed by atoms with Gasteiger partial charge in [0.15, 0.2) is 4.32 Å². The van der Waals surface area contributed by atoms with Gasteiger partial charge in [-0.25, -0.2) is 0 Å². The molecule has 17 heteroatoms. The average molecular weight is 680 g/mol. The number of thiocarbonyl (C=S) groups is 1. The molecule has 12 nitrogen and oxygen atoms in total. The molecule has 3 N–H and O–H groups in total. The third kappa shape index (κ3) is 6.01. The van der Waals surface area contributed by atoms with Gasteiger partial charge in [0.1, 0.15) is 21.9 Å². The van der Waals surface area contributed by atoms with Crippen LogP contribution in [0, 0.1) is 0 Å². The molecule has 5 rings (SSSR count). The van der Waals surface area contributed by atoms with Crippen LogP contribution in [0.3, 0.4) is 0 Å². The SMILES string of the molecule is COc1ccc2c(c1)N(Cc1ccccc1S(=O)(=O)O)C(=C(C)C=c1s/c(=C3/SC(=S)N(O)C3=O)n(CC(=O)O)c1=O)S2. The Morgan fingerprint density at radius 3 is 2.49 bits per heavy atom. The van der Waals surface area contributed by atoms with Crippen LogP contribution >= 0.6 is 47.1 Å². The van der Waals surface area contributed by atoms with Gasteiger partial charge in [-0.3, -0.25) is 28.7 Å². The summed E-state index contributed by atoms with van der Waals surface area (Å²) in [6, 6.07) is 11.4. The summed E-state index contributed by atoms with van der Waals surface area (Å²) in [6.07, 6.45) is 1.56. The van der Waals surface area contributed by atoms with Crippen LogP contribution in [-0.4, -0.2) is 56.2 Å². The summed E-state index contributed by atoms with van der Waals surface area (Å²) in [5, 5.41) is 20.2. The summed E-state index contributed by atoms with van der Waals surface area (Å²) in [7, 11) is -3.01. The molecule has 0 spiro atoms. The molecule has 2 aromatic carbocycles. The highest BCUT2D eigenvalue weighted by atomic mass is 32.2. The molecule has 1 fully saturated rings. The fourth-order valence-corrected chi connectivity index (χ4v) is 8.61. The van der Waals surface area contributed by atoms with Crippen molar-refractivity contribution in [3.8, 4) is 5.75 Å². The van der Waals surface area contributed by atoms with Crippen molar-refractivity contribution in [3.05, 3.63) is 78.2 Å². The van der Waals surface area contributed by atoms with Crippen LogP contribution in [0.15, 0.2) is 67.7 Å². The van der Waals surface area contributed by atoms with Crippen molar-refractivity contribution >= 4 is 90.1 Å². The fourth-order valence-electron chi connectivity index (χ4n) is 4.41. The van der Waals surface area contributed by atoms with Gasteiger partial charge in [-0.15, -0.1) is 11.3 Å². The Hall–Kier alpha value is -3.45. The van der Waals surface area contributed by atoms with Gasteiger partial charge in [0.05, 0.1) is 33.8 Å². The molecule has 0 unspecified atom stereocenters. The van der Waals surface area contributed by atoms with Crippen LogP contribution < -0.4 is 24.4 Å². The molecule has 1 aromatic heterocycles.